The number of amides is 1. The second kappa shape index (κ2) is 3.99. The molecule has 3 rings (SSSR count). The van der Waals surface area contributed by atoms with Gasteiger partial charge in [-0.1, -0.05) is 0 Å². The third kappa shape index (κ3) is 2.17. The number of carbonyl (C=O) groups is 1. The standard InChI is InChI=1S/C12H11F2N3O2/c13-12(14)5-17(6-12)3-7-1-9-10(16-2-7)8(4-19-9)11(15)18/h1-2,4H,3,5-6H2,(H2,15,18). The molecule has 0 unspecified atom stereocenters. The first kappa shape index (κ1) is 12.0. The number of halogens is 2. The summed E-state index contributed by atoms with van der Waals surface area (Å²) in [4.78, 5) is 16.8. The molecule has 5 nitrogen and oxygen atoms in total. The maximum atomic E-state index is 12.7. The molecular weight excluding hydrogens is 256 g/mol. The zero-order chi connectivity index (χ0) is 13.6. The molecule has 2 N–H and O–H groups in total. The SMILES string of the molecule is NC(=O)c1coc2cc(CN3CC(F)(F)C3)cnc12. The van der Waals surface area contributed by atoms with E-state index in [2.05, 4.69) is 4.98 Å². The maximum Gasteiger partial charge on any atom is 0.272 e. The summed E-state index contributed by atoms with van der Waals surface area (Å²) in [7, 11) is 0. The van der Waals surface area contributed by atoms with Crippen LogP contribution in [0.25, 0.3) is 11.1 Å². The van der Waals surface area contributed by atoms with E-state index in [0.29, 0.717) is 17.6 Å². The van der Waals surface area contributed by atoms with Crippen LogP contribution < -0.4 is 5.73 Å². The van der Waals surface area contributed by atoms with Crippen molar-refractivity contribution in [2.24, 2.45) is 5.73 Å². The second-order valence-electron chi connectivity index (χ2n) is 4.71. The lowest BCUT2D eigenvalue weighted by molar-refractivity contribution is -0.133. The molecule has 1 saturated heterocycles. The third-order valence-electron chi connectivity index (χ3n) is 3.05. The van der Waals surface area contributed by atoms with Gasteiger partial charge in [0.2, 0.25) is 0 Å². The Balaban J connectivity index is 1.81. The minimum Gasteiger partial charge on any atom is -0.462 e. The van der Waals surface area contributed by atoms with Crippen LogP contribution in [-0.2, 0) is 6.54 Å². The summed E-state index contributed by atoms with van der Waals surface area (Å²) in [5.74, 6) is -3.19. The number of likely N-dealkylation sites (tertiary alicyclic amines) is 1. The van der Waals surface area contributed by atoms with E-state index in [1.807, 2.05) is 0 Å². The number of pyridine rings is 1. The number of aromatic nitrogens is 1. The van der Waals surface area contributed by atoms with Crippen molar-refractivity contribution < 1.29 is 18.0 Å². The van der Waals surface area contributed by atoms with Gasteiger partial charge in [-0.3, -0.25) is 14.7 Å². The molecule has 1 amide bonds. The number of fused-ring (bicyclic) bond motifs is 1. The van der Waals surface area contributed by atoms with E-state index in [1.165, 1.54) is 6.26 Å². The van der Waals surface area contributed by atoms with E-state index < -0.39 is 11.8 Å². The first-order valence-corrected chi connectivity index (χ1v) is 5.71. The molecule has 100 valence electrons. The molecule has 19 heavy (non-hydrogen) atoms. The Kier molecular flexibility index (Phi) is 2.53. The van der Waals surface area contributed by atoms with Crippen LogP contribution in [0.1, 0.15) is 15.9 Å². The van der Waals surface area contributed by atoms with Gasteiger partial charge in [0.25, 0.3) is 11.8 Å². The van der Waals surface area contributed by atoms with Crippen LogP contribution in [-0.4, -0.2) is 34.8 Å². The van der Waals surface area contributed by atoms with Crippen LogP contribution >= 0.6 is 0 Å². The Labute approximate surface area is 107 Å². The van der Waals surface area contributed by atoms with Crippen molar-refractivity contribution in [3.8, 4) is 0 Å². The van der Waals surface area contributed by atoms with Gasteiger partial charge in [-0.25, -0.2) is 8.78 Å². The summed E-state index contributed by atoms with van der Waals surface area (Å²) in [6.07, 6.45) is 2.79. The lowest BCUT2D eigenvalue weighted by Gasteiger charge is -2.38. The normalized spacial score (nSPS) is 18.4. The van der Waals surface area contributed by atoms with Gasteiger partial charge in [-0.05, 0) is 11.6 Å². The van der Waals surface area contributed by atoms with E-state index in [1.54, 1.807) is 17.2 Å². The fourth-order valence-electron chi connectivity index (χ4n) is 2.19. The minimum atomic E-state index is -2.58. The van der Waals surface area contributed by atoms with Crippen LogP contribution in [0.15, 0.2) is 22.9 Å². The summed E-state index contributed by atoms with van der Waals surface area (Å²) in [5.41, 5.74) is 6.97. The highest BCUT2D eigenvalue weighted by Crippen LogP contribution is 2.28. The first-order valence-electron chi connectivity index (χ1n) is 5.71. The monoisotopic (exact) mass is 267 g/mol. The van der Waals surface area contributed by atoms with Gasteiger partial charge in [0.05, 0.1) is 13.1 Å². The zero-order valence-electron chi connectivity index (χ0n) is 9.90. The van der Waals surface area contributed by atoms with Crippen LogP contribution in [0.5, 0.6) is 0 Å². The van der Waals surface area contributed by atoms with Gasteiger partial charge in [-0.15, -0.1) is 0 Å². The van der Waals surface area contributed by atoms with Gasteiger partial charge in [0, 0.05) is 12.7 Å². The Bertz CT molecular complexity index is 645. The predicted molar refractivity (Wildman–Crippen MR) is 62.8 cm³/mol. The molecule has 3 heterocycles. The number of rotatable bonds is 3. The number of hydrogen-bond acceptors (Lipinski definition) is 4. The third-order valence-corrected chi connectivity index (χ3v) is 3.05. The Hall–Kier alpha value is -2.02. The molecule has 0 bridgehead atoms. The van der Waals surface area contributed by atoms with Crippen molar-refractivity contribution in [1.82, 2.24) is 9.88 Å². The molecule has 0 saturated carbocycles. The van der Waals surface area contributed by atoms with Crippen molar-refractivity contribution in [2.45, 2.75) is 12.5 Å². The van der Waals surface area contributed by atoms with Gasteiger partial charge in [0.1, 0.15) is 17.3 Å². The number of nitrogens with two attached hydrogens (primary N) is 1. The largest absolute Gasteiger partial charge is 0.462 e. The molecule has 1 aliphatic heterocycles. The summed E-state index contributed by atoms with van der Waals surface area (Å²) < 4.78 is 30.6. The fraction of sp³-hybridized carbons (Fsp3) is 0.333. The van der Waals surface area contributed by atoms with Gasteiger partial charge in [-0.2, -0.15) is 0 Å². The average Bonchev–Trinajstić information content (AvgIpc) is 2.69. The molecular formula is C12H11F2N3O2. The Morgan fingerprint density at radius 2 is 2.26 bits per heavy atom. The quantitative estimate of drug-likeness (QED) is 0.911. The van der Waals surface area contributed by atoms with Gasteiger partial charge in [0.15, 0.2) is 5.58 Å². The molecule has 1 aliphatic rings. The summed E-state index contributed by atoms with van der Waals surface area (Å²) in [5, 5.41) is 0. The number of nitrogens with zero attached hydrogens (tertiary/aromatic N) is 2. The zero-order valence-corrected chi connectivity index (χ0v) is 9.90. The lowest BCUT2D eigenvalue weighted by atomic mass is 10.1. The molecule has 7 heteroatoms. The predicted octanol–water partition coefficient (Wildman–Crippen LogP) is 1.38. The molecule has 2 aromatic heterocycles. The van der Waals surface area contributed by atoms with Crippen molar-refractivity contribution in [2.75, 3.05) is 13.1 Å². The molecule has 0 aromatic carbocycles. The molecule has 0 atom stereocenters. The van der Waals surface area contributed by atoms with Crippen molar-refractivity contribution in [1.29, 1.82) is 0 Å². The van der Waals surface area contributed by atoms with E-state index in [4.69, 9.17) is 10.2 Å². The molecule has 0 radical (unpaired) electrons. The smallest absolute Gasteiger partial charge is 0.272 e. The second-order valence-corrected chi connectivity index (χ2v) is 4.71. The van der Waals surface area contributed by atoms with Crippen LogP contribution in [0.3, 0.4) is 0 Å². The van der Waals surface area contributed by atoms with Crippen molar-refractivity contribution >= 4 is 17.0 Å². The van der Waals surface area contributed by atoms with Crippen molar-refractivity contribution in [3.63, 3.8) is 0 Å². The summed E-state index contributed by atoms with van der Waals surface area (Å²) >= 11 is 0. The Morgan fingerprint density at radius 3 is 2.89 bits per heavy atom. The van der Waals surface area contributed by atoms with E-state index in [-0.39, 0.29) is 18.7 Å². The van der Waals surface area contributed by atoms with Crippen LogP contribution in [0.4, 0.5) is 8.78 Å². The molecule has 0 spiro atoms. The Morgan fingerprint density at radius 1 is 1.53 bits per heavy atom. The fourth-order valence-corrected chi connectivity index (χ4v) is 2.19. The van der Waals surface area contributed by atoms with E-state index in [0.717, 1.165) is 5.56 Å². The number of furan rings is 1. The van der Waals surface area contributed by atoms with E-state index >= 15 is 0 Å². The number of hydrogen-bond donors (Lipinski definition) is 1. The van der Waals surface area contributed by atoms with Crippen LogP contribution in [0.2, 0.25) is 0 Å². The molecule has 1 fully saturated rings. The van der Waals surface area contributed by atoms with Crippen molar-refractivity contribution in [3.05, 3.63) is 29.7 Å². The van der Waals surface area contributed by atoms with Gasteiger partial charge < -0.3 is 10.2 Å². The van der Waals surface area contributed by atoms with Gasteiger partial charge >= 0.3 is 0 Å². The minimum absolute atomic E-state index is 0.219. The topological polar surface area (TPSA) is 72.4 Å². The molecule has 0 aliphatic carbocycles. The molecule has 2 aromatic rings. The lowest BCUT2D eigenvalue weighted by Crippen LogP contribution is -2.55. The highest BCUT2D eigenvalue weighted by molar-refractivity contribution is 6.03. The van der Waals surface area contributed by atoms with E-state index in [9.17, 15) is 13.6 Å². The first-order chi connectivity index (χ1) is 8.94. The summed E-state index contributed by atoms with van der Waals surface area (Å²) in [6, 6.07) is 1.69. The highest BCUT2D eigenvalue weighted by atomic mass is 19.3. The average molecular weight is 267 g/mol. The van der Waals surface area contributed by atoms with Crippen LogP contribution in [0, 0.1) is 0 Å². The number of primary amides is 1. The number of carbonyl (C=O) groups excluding carboxylic acids is 1. The maximum absolute atomic E-state index is 12.7. The highest BCUT2D eigenvalue weighted by Gasteiger charge is 2.43. The summed E-state index contributed by atoms with van der Waals surface area (Å²) in [6.45, 7) is -0.101. The number of alkyl halides is 2.